The minimum atomic E-state index is -0.461. The van der Waals surface area contributed by atoms with Crippen LogP contribution in [0.3, 0.4) is 0 Å². The average molecular weight is 222 g/mol. The van der Waals surface area contributed by atoms with Crippen molar-refractivity contribution in [3.05, 3.63) is 47.8 Å². The Bertz CT molecular complexity index is 530. The first-order chi connectivity index (χ1) is 7.20. The Kier molecular flexibility index (Phi) is 2.47. The summed E-state index contributed by atoms with van der Waals surface area (Å²) in [6.07, 6.45) is 1.10. The highest BCUT2D eigenvalue weighted by Crippen LogP contribution is 2.20. The summed E-state index contributed by atoms with van der Waals surface area (Å²) in [5.74, 6) is -0.461. The average Bonchev–Trinajstić information content (AvgIpc) is 2.60. The van der Waals surface area contributed by atoms with Gasteiger partial charge >= 0.3 is 5.97 Å². The van der Waals surface area contributed by atoms with E-state index in [2.05, 4.69) is 16.3 Å². The molecular weight excluding hydrogens is 214 g/mol. The second-order valence-electron chi connectivity index (χ2n) is 2.99. The van der Waals surface area contributed by atoms with Gasteiger partial charge in [0.1, 0.15) is 5.69 Å². The van der Waals surface area contributed by atoms with Crippen LogP contribution in [0.4, 0.5) is 0 Å². The fraction of sp³-hybridized carbons (Fsp3) is 0. The van der Waals surface area contributed by atoms with Crippen LogP contribution >= 0.6 is 11.6 Å². The Morgan fingerprint density at radius 2 is 2.27 bits per heavy atom. The molecule has 0 bridgehead atoms. The standard InChI is InChI=1S/C11H8ClNO2/c1-2-15-11(14)10-6-7-5-8(12)3-4-9(7)13-10/h2-6,13H,1H2. The van der Waals surface area contributed by atoms with Gasteiger partial charge in [0, 0.05) is 15.9 Å². The molecule has 15 heavy (non-hydrogen) atoms. The Labute approximate surface area is 91.3 Å². The number of ether oxygens (including phenoxy) is 1. The molecule has 0 saturated carbocycles. The molecule has 2 rings (SSSR count). The Hall–Kier alpha value is -1.74. The van der Waals surface area contributed by atoms with Gasteiger partial charge < -0.3 is 9.72 Å². The summed E-state index contributed by atoms with van der Waals surface area (Å²) in [7, 11) is 0. The van der Waals surface area contributed by atoms with E-state index >= 15 is 0 Å². The van der Waals surface area contributed by atoms with Crippen LogP contribution in [0.2, 0.25) is 5.02 Å². The molecule has 0 amide bonds. The third-order valence-electron chi connectivity index (χ3n) is 1.99. The van der Waals surface area contributed by atoms with E-state index in [1.54, 1.807) is 18.2 Å². The van der Waals surface area contributed by atoms with Crippen molar-refractivity contribution in [1.82, 2.24) is 4.98 Å². The first-order valence-electron chi connectivity index (χ1n) is 4.31. The van der Waals surface area contributed by atoms with Gasteiger partial charge in [-0.3, -0.25) is 0 Å². The van der Waals surface area contributed by atoms with E-state index in [0.29, 0.717) is 10.7 Å². The smallest absolute Gasteiger partial charge is 0.359 e. The number of aromatic nitrogens is 1. The summed E-state index contributed by atoms with van der Waals surface area (Å²) in [4.78, 5) is 14.3. The van der Waals surface area contributed by atoms with Crippen molar-refractivity contribution in [2.75, 3.05) is 0 Å². The molecular formula is C11H8ClNO2. The summed E-state index contributed by atoms with van der Waals surface area (Å²) >= 11 is 5.82. The van der Waals surface area contributed by atoms with E-state index in [0.717, 1.165) is 17.2 Å². The van der Waals surface area contributed by atoms with Crippen molar-refractivity contribution in [3.8, 4) is 0 Å². The third-order valence-corrected chi connectivity index (χ3v) is 2.23. The maximum absolute atomic E-state index is 11.3. The zero-order valence-corrected chi connectivity index (χ0v) is 8.54. The molecule has 0 aliphatic carbocycles. The molecule has 1 aromatic heterocycles. The molecule has 0 radical (unpaired) electrons. The number of halogens is 1. The van der Waals surface area contributed by atoms with Crippen molar-refractivity contribution in [1.29, 1.82) is 0 Å². The van der Waals surface area contributed by atoms with E-state index < -0.39 is 5.97 Å². The van der Waals surface area contributed by atoms with Gasteiger partial charge in [-0.05, 0) is 24.3 Å². The lowest BCUT2D eigenvalue weighted by atomic mass is 10.2. The molecule has 1 heterocycles. The van der Waals surface area contributed by atoms with Gasteiger partial charge in [-0.15, -0.1) is 0 Å². The Balaban J connectivity index is 2.47. The summed E-state index contributed by atoms with van der Waals surface area (Å²) in [5, 5.41) is 1.50. The zero-order valence-electron chi connectivity index (χ0n) is 7.79. The summed E-state index contributed by atoms with van der Waals surface area (Å²) < 4.78 is 4.65. The number of rotatable bonds is 2. The molecule has 0 spiro atoms. The Morgan fingerprint density at radius 3 is 3.00 bits per heavy atom. The number of esters is 1. The van der Waals surface area contributed by atoms with Crippen LogP contribution in [0.25, 0.3) is 10.9 Å². The molecule has 0 fully saturated rings. The van der Waals surface area contributed by atoms with Crippen LogP contribution in [-0.2, 0) is 4.74 Å². The summed E-state index contributed by atoms with van der Waals surface area (Å²) in [6.45, 7) is 3.32. The molecule has 0 saturated heterocycles. The first kappa shape index (κ1) is 9.80. The van der Waals surface area contributed by atoms with Gasteiger partial charge in [-0.25, -0.2) is 4.79 Å². The van der Waals surface area contributed by atoms with E-state index in [1.807, 2.05) is 6.07 Å². The molecule has 0 atom stereocenters. The van der Waals surface area contributed by atoms with Crippen molar-refractivity contribution in [2.45, 2.75) is 0 Å². The number of H-pyrrole nitrogens is 1. The summed E-state index contributed by atoms with van der Waals surface area (Å²) in [5.41, 5.74) is 1.22. The monoisotopic (exact) mass is 221 g/mol. The first-order valence-corrected chi connectivity index (χ1v) is 4.68. The van der Waals surface area contributed by atoms with Crippen molar-refractivity contribution < 1.29 is 9.53 Å². The van der Waals surface area contributed by atoms with Crippen molar-refractivity contribution >= 4 is 28.5 Å². The number of aromatic amines is 1. The lowest BCUT2D eigenvalue weighted by molar-refractivity contribution is 0.0659. The number of nitrogens with one attached hydrogen (secondary N) is 1. The van der Waals surface area contributed by atoms with E-state index in [9.17, 15) is 4.79 Å². The second kappa shape index (κ2) is 3.79. The molecule has 4 heteroatoms. The minimum Gasteiger partial charge on any atom is -0.430 e. The number of hydrogen-bond acceptors (Lipinski definition) is 2. The topological polar surface area (TPSA) is 42.1 Å². The van der Waals surface area contributed by atoms with Crippen molar-refractivity contribution in [2.24, 2.45) is 0 Å². The van der Waals surface area contributed by atoms with Gasteiger partial charge in [-0.2, -0.15) is 0 Å². The van der Waals surface area contributed by atoms with E-state index in [-0.39, 0.29) is 0 Å². The van der Waals surface area contributed by atoms with Gasteiger partial charge in [0.15, 0.2) is 0 Å². The van der Waals surface area contributed by atoms with Crippen LogP contribution < -0.4 is 0 Å². The van der Waals surface area contributed by atoms with E-state index in [4.69, 9.17) is 11.6 Å². The van der Waals surface area contributed by atoms with Gasteiger partial charge in [0.2, 0.25) is 0 Å². The summed E-state index contributed by atoms with van der Waals surface area (Å²) in [6, 6.07) is 7.02. The van der Waals surface area contributed by atoms with Crippen LogP contribution in [0.15, 0.2) is 37.1 Å². The minimum absolute atomic E-state index is 0.382. The third kappa shape index (κ3) is 1.87. The molecule has 0 aliphatic rings. The number of carbonyl (C=O) groups is 1. The van der Waals surface area contributed by atoms with Crippen LogP contribution in [0.5, 0.6) is 0 Å². The molecule has 2 aromatic rings. The Morgan fingerprint density at radius 1 is 1.47 bits per heavy atom. The highest BCUT2D eigenvalue weighted by molar-refractivity contribution is 6.31. The fourth-order valence-electron chi connectivity index (χ4n) is 1.35. The molecule has 3 nitrogen and oxygen atoms in total. The predicted molar refractivity (Wildman–Crippen MR) is 58.9 cm³/mol. The number of hydrogen-bond donors (Lipinski definition) is 1. The number of benzene rings is 1. The molecule has 0 aliphatic heterocycles. The molecule has 1 aromatic carbocycles. The van der Waals surface area contributed by atoms with Gasteiger partial charge in [-0.1, -0.05) is 18.2 Å². The van der Waals surface area contributed by atoms with E-state index in [1.165, 1.54) is 0 Å². The molecule has 0 unspecified atom stereocenters. The number of fused-ring (bicyclic) bond motifs is 1. The maximum atomic E-state index is 11.3. The molecule has 76 valence electrons. The second-order valence-corrected chi connectivity index (χ2v) is 3.42. The van der Waals surface area contributed by atoms with Gasteiger partial charge in [0.05, 0.1) is 6.26 Å². The highest BCUT2D eigenvalue weighted by Gasteiger charge is 2.09. The lowest BCUT2D eigenvalue weighted by Gasteiger charge is -1.92. The fourth-order valence-corrected chi connectivity index (χ4v) is 1.53. The quantitative estimate of drug-likeness (QED) is 0.625. The van der Waals surface area contributed by atoms with Crippen LogP contribution in [0.1, 0.15) is 10.5 Å². The largest absolute Gasteiger partial charge is 0.430 e. The zero-order chi connectivity index (χ0) is 10.8. The SMILES string of the molecule is C=COC(=O)c1cc2cc(Cl)ccc2[nH]1. The lowest BCUT2D eigenvalue weighted by Crippen LogP contribution is -1.99. The van der Waals surface area contributed by atoms with Gasteiger partial charge in [0.25, 0.3) is 0 Å². The van der Waals surface area contributed by atoms with Crippen LogP contribution in [-0.4, -0.2) is 11.0 Å². The normalized spacial score (nSPS) is 10.2. The highest BCUT2D eigenvalue weighted by atomic mass is 35.5. The number of carbonyl (C=O) groups excluding carboxylic acids is 1. The maximum Gasteiger partial charge on any atom is 0.359 e. The molecule has 1 N–H and O–H groups in total. The van der Waals surface area contributed by atoms with Crippen LogP contribution in [0, 0.1) is 0 Å². The predicted octanol–water partition coefficient (Wildman–Crippen LogP) is 3.12. The van der Waals surface area contributed by atoms with Crippen molar-refractivity contribution in [3.63, 3.8) is 0 Å².